The summed E-state index contributed by atoms with van der Waals surface area (Å²) in [4.78, 5) is 53.8. The number of anilines is 1. The number of phenolic OH excluding ortho intramolecular Hbond substituents is 1. The highest BCUT2D eigenvalue weighted by Crippen LogP contribution is 2.57. The fraction of sp³-hybridized carbons (Fsp3) is 0.429. The van der Waals surface area contributed by atoms with E-state index in [2.05, 4.69) is 18.7 Å². The number of phenols is 1. The van der Waals surface area contributed by atoms with Crippen molar-refractivity contribution in [2.24, 2.45) is 17.6 Å². The Morgan fingerprint density at radius 3 is 2.10 bits per heavy atom. The predicted molar refractivity (Wildman–Crippen MR) is 194 cm³/mol. The normalized spacial score (nSPS) is 25.1. The number of rotatable bonds is 8. The Morgan fingerprint density at radius 1 is 0.980 bits per heavy atom. The molecule has 14 nitrogen and oxygen atoms in total. The van der Waals surface area contributed by atoms with Gasteiger partial charge in [0.15, 0.2) is 11.4 Å². The maximum absolute atomic E-state index is 13.7. The minimum atomic E-state index is -2.75. The van der Waals surface area contributed by atoms with Crippen LogP contribution in [0.1, 0.15) is 48.7 Å². The summed E-state index contributed by atoms with van der Waals surface area (Å²) < 4.78 is 5.18. The van der Waals surface area contributed by atoms with Crippen molar-refractivity contribution in [3.63, 3.8) is 0 Å². The van der Waals surface area contributed by atoms with Crippen LogP contribution in [0.4, 0.5) is 5.69 Å². The number of carbonyl (C=O) groups excluding carboxylic acids is 4. The fourth-order valence-corrected chi connectivity index (χ4v) is 7.01. The number of aromatic hydroxyl groups is 1. The van der Waals surface area contributed by atoms with Gasteiger partial charge in [0.2, 0.25) is 5.78 Å². The SMILES string of the molecule is CCN(CC)CCOC(=O)c1ccc(N)cc1.CN(C)[C@@H]1C(=O)C(C(N)=O)=C(O)[C@@]2(O)C(=O)C3=C(O)c4c(O)cccc4[C@@](C)(O)C3C[C@@H]12.Cl.Cl. The van der Waals surface area contributed by atoms with E-state index in [1.165, 1.54) is 44.1 Å². The first kappa shape index (κ1) is 43.0. The van der Waals surface area contributed by atoms with Gasteiger partial charge in [0.05, 0.1) is 22.8 Å². The quantitative estimate of drug-likeness (QED) is 0.117. The van der Waals surface area contributed by atoms with Gasteiger partial charge in [-0.3, -0.25) is 19.3 Å². The molecule has 0 radical (unpaired) electrons. The summed E-state index contributed by atoms with van der Waals surface area (Å²) in [6, 6.07) is 9.76. The van der Waals surface area contributed by atoms with E-state index in [0.29, 0.717) is 17.9 Å². The van der Waals surface area contributed by atoms with Crippen molar-refractivity contribution in [3.8, 4) is 5.75 Å². The van der Waals surface area contributed by atoms with Crippen molar-refractivity contribution in [2.75, 3.05) is 46.1 Å². The van der Waals surface area contributed by atoms with Crippen LogP contribution in [0.2, 0.25) is 0 Å². The molecule has 0 bridgehead atoms. The van der Waals surface area contributed by atoms with Gasteiger partial charge in [-0.2, -0.15) is 0 Å². The number of hydrogen-bond acceptors (Lipinski definition) is 13. The van der Waals surface area contributed by atoms with E-state index in [0.717, 1.165) is 19.6 Å². The van der Waals surface area contributed by atoms with Gasteiger partial charge in [0.1, 0.15) is 29.4 Å². The van der Waals surface area contributed by atoms with E-state index in [1.807, 2.05) is 0 Å². The Hall–Kier alpha value is -4.18. The first-order chi connectivity index (χ1) is 22.9. The maximum atomic E-state index is 13.7. The number of fused-ring (bicyclic) bond motifs is 3. The summed E-state index contributed by atoms with van der Waals surface area (Å²) in [5.41, 5.74) is 6.18. The number of Topliss-reactive ketones (excluding diaryl/α,β-unsaturated/α-hetero) is 2. The van der Waals surface area contributed by atoms with Crippen LogP contribution in [0.5, 0.6) is 5.75 Å². The molecular formula is C35H46Cl2N4O10. The standard InChI is InChI=1S/C22H24N2O8.C13H20N2O2.2ClH/c1-21(31)8-5-4-6-11(25)12(8)16(26)13-9(21)7-10-15(24(2)3)17(27)14(20(23)30)19(29)22(10,32)18(13)28;1-3-15(4-2)9-10-17-13(16)11-5-7-12(14)8-6-11;;/h4-6,9-10,15,25-26,29,31-32H,7H2,1-3H3,(H2,23,30);5-8H,3-4,9-10,14H2,1-2H3;2*1H/t9?,10-,15-,21+,22-;;;/m0.../s1. The molecule has 2 aromatic carbocycles. The molecule has 16 heteroatoms. The van der Waals surface area contributed by atoms with Gasteiger partial charge in [-0.05, 0) is 76.4 Å². The lowest BCUT2D eigenvalue weighted by molar-refractivity contribution is -0.159. The van der Waals surface area contributed by atoms with E-state index in [1.54, 1.807) is 24.3 Å². The van der Waals surface area contributed by atoms with Crippen LogP contribution < -0.4 is 11.5 Å². The zero-order chi connectivity index (χ0) is 36.6. The molecule has 280 valence electrons. The number of ether oxygens (including phenoxy) is 1. The average molecular weight is 754 g/mol. The molecule has 1 saturated carbocycles. The molecule has 3 aliphatic carbocycles. The number of nitrogens with zero attached hydrogens (tertiary/aromatic N) is 2. The topological polar surface area (TPSA) is 237 Å². The third-order valence-corrected chi connectivity index (χ3v) is 9.70. The molecule has 51 heavy (non-hydrogen) atoms. The second-order valence-corrected chi connectivity index (χ2v) is 12.7. The summed E-state index contributed by atoms with van der Waals surface area (Å²) >= 11 is 0. The molecule has 1 amide bonds. The lowest BCUT2D eigenvalue weighted by atomic mass is 9.54. The number of primary amides is 1. The molecule has 1 unspecified atom stereocenters. The number of carbonyl (C=O) groups is 4. The zero-order valence-electron chi connectivity index (χ0n) is 29.0. The molecule has 5 atom stereocenters. The zero-order valence-corrected chi connectivity index (χ0v) is 30.6. The molecule has 1 fully saturated rings. The molecule has 0 aromatic heterocycles. The molecular weight excluding hydrogens is 707 g/mol. The molecule has 0 heterocycles. The monoisotopic (exact) mass is 752 g/mol. The largest absolute Gasteiger partial charge is 0.508 e. The molecule has 0 aliphatic heterocycles. The molecule has 3 aliphatic rings. The van der Waals surface area contributed by atoms with Crippen molar-refractivity contribution in [1.82, 2.24) is 9.80 Å². The van der Waals surface area contributed by atoms with Crippen molar-refractivity contribution >= 4 is 59.7 Å². The highest BCUT2D eigenvalue weighted by molar-refractivity contribution is 6.24. The van der Waals surface area contributed by atoms with Crippen LogP contribution >= 0.6 is 24.8 Å². The number of amides is 1. The van der Waals surface area contributed by atoms with Gasteiger partial charge < -0.3 is 46.6 Å². The van der Waals surface area contributed by atoms with Crippen LogP contribution in [0.15, 0.2) is 59.4 Å². The summed E-state index contributed by atoms with van der Waals surface area (Å²) in [5.74, 6) is -8.19. The number of hydrogen-bond donors (Lipinski definition) is 7. The Labute approximate surface area is 308 Å². The average Bonchev–Trinajstić information content (AvgIpc) is 3.04. The van der Waals surface area contributed by atoms with Crippen LogP contribution in [0.25, 0.3) is 5.76 Å². The fourth-order valence-electron chi connectivity index (χ4n) is 7.01. The Bertz CT molecular complexity index is 1720. The number of esters is 1. The summed E-state index contributed by atoms with van der Waals surface area (Å²) in [6.45, 7) is 8.71. The minimum Gasteiger partial charge on any atom is -0.508 e. The van der Waals surface area contributed by atoms with Gasteiger partial charge >= 0.3 is 5.97 Å². The molecule has 9 N–H and O–H groups in total. The number of nitrogens with two attached hydrogens (primary N) is 2. The van der Waals surface area contributed by atoms with Gasteiger partial charge in [0.25, 0.3) is 5.91 Å². The lowest BCUT2D eigenvalue weighted by Gasteiger charge is -2.53. The van der Waals surface area contributed by atoms with E-state index < -0.39 is 75.0 Å². The minimum absolute atomic E-state index is 0. The molecule has 0 spiro atoms. The van der Waals surface area contributed by atoms with Crippen LogP contribution in [0, 0.1) is 11.8 Å². The third kappa shape index (κ3) is 7.57. The summed E-state index contributed by atoms with van der Waals surface area (Å²) in [5, 5.41) is 54.9. The summed E-state index contributed by atoms with van der Waals surface area (Å²) in [7, 11) is 3.01. The van der Waals surface area contributed by atoms with Crippen molar-refractivity contribution in [3.05, 3.63) is 76.1 Å². The smallest absolute Gasteiger partial charge is 0.338 e. The van der Waals surface area contributed by atoms with Crippen LogP contribution in [-0.4, -0.2) is 111 Å². The third-order valence-electron chi connectivity index (χ3n) is 9.70. The second kappa shape index (κ2) is 16.4. The van der Waals surface area contributed by atoms with Gasteiger partial charge in [-0.15, -0.1) is 24.8 Å². The van der Waals surface area contributed by atoms with Gasteiger partial charge in [-0.25, -0.2) is 4.79 Å². The van der Waals surface area contributed by atoms with E-state index in [9.17, 15) is 44.7 Å². The Kier molecular flexibility index (Phi) is 13.9. The highest BCUT2D eigenvalue weighted by Gasteiger charge is 2.66. The van der Waals surface area contributed by atoms with Crippen LogP contribution in [-0.2, 0) is 24.7 Å². The van der Waals surface area contributed by atoms with E-state index >= 15 is 0 Å². The number of halogens is 2. The lowest BCUT2D eigenvalue weighted by Crippen LogP contribution is -2.67. The second-order valence-electron chi connectivity index (χ2n) is 12.7. The van der Waals surface area contributed by atoms with Crippen molar-refractivity contribution < 1.29 is 49.4 Å². The molecule has 2 aromatic rings. The number of ketones is 2. The number of nitrogen functional groups attached to an aromatic ring is 1. The van der Waals surface area contributed by atoms with Crippen LogP contribution in [0.3, 0.4) is 0 Å². The van der Waals surface area contributed by atoms with Crippen molar-refractivity contribution in [2.45, 2.75) is 44.4 Å². The number of aliphatic hydroxyl groups is 4. The Balaban J connectivity index is 0.000000406. The highest BCUT2D eigenvalue weighted by atomic mass is 35.5. The Morgan fingerprint density at radius 2 is 1.57 bits per heavy atom. The van der Waals surface area contributed by atoms with E-state index in [4.69, 9.17) is 16.2 Å². The maximum Gasteiger partial charge on any atom is 0.338 e. The number of aliphatic hydroxyl groups excluding tert-OH is 2. The first-order valence-corrected chi connectivity index (χ1v) is 15.9. The number of benzene rings is 2. The molecule has 0 saturated heterocycles. The number of likely N-dealkylation sites (N-methyl/N-ethyl adjacent to an activating group) is 2. The van der Waals surface area contributed by atoms with Gasteiger partial charge in [0, 0.05) is 29.6 Å². The predicted octanol–water partition coefficient (Wildman–Crippen LogP) is 2.24. The van der Waals surface area contributed by atoms with E-state index in [-0.39, 0.29) is 48.3 Å². The summed E-state index contributed by atoms with van der Waals surface area (Å²) in [6.07, 6.45) is -0.200. The van der Waals surface area contributed by atoms with Gasteiger partial charge in [-0.1, -0.05) is 26.0 Å². The first-order valence-electron chi connectivity index (χ1n) is 15.9. The van der Waals surface area contributed by atoms with Crippen molar-refractivity contribution in [1.29, 1.82) is 0 Å². The molecule has 5 rings (SSSR count).